The van der Waals surface area contributed by atoms with Gasteiger partial charge in [0.15, 0.2) is 6.10 Å². The Kier molecular flexibility index (Phi) is 4.52. The Hall–Kier alpha value is -2.81. The van der Waals surface area contributed by atoms with Crippen molar-refractivity contribution in [3.8, 4) is 5.75 Å². The molecule has 0 saturated heterocycles. The predicted octanol–water partition coefficient (Wildman–Crippen LogP) is 4.86. The Balaban J connectivity index is 1.72. The number of anilines is 1. The van der Waals surface area contributed by atoms with Crippen molar-refractivity contribution in [3.05, 3.63) is 71.8 Å². The van der Waals surface area contributed by atoms with Gasteiger partial charge in [-0.2, -0.15) is 0 Å². The molecule has 0 aromatic heterocycles. The SMILES string of the molecule is Cc1cccc(NC(=O)C(C)Oc2ccc3ccccc3c2)c1C. The van der Waals surface area contributed by atoms with Crippen LogP contribution >= 0.6 is 0 Å². The molecule has 1 amide bonds. The number of hydrogen-bond acceptors (Lipinski definition) is 2. The standard InChI is InChI=1S/C21H21NO2/c1-14-7-6-10-20(15(14)2)22-21(23)16(3)24-19-12-11-17-8-4-5-9-18(17)13-19/h4-13,16H,1-3H3,(H,22,23). The van der Waals surface area contributed by atoms with E-state index < -0.39 is 6.10 Å². The molecule has 0 saturated carbocycles. The highest BCUT2D eigenvalue weighted by molar-refractivity contribution is 5.95. The quantitative estimate of drug-likeness (QED) is 0.745. The molecule has 1 unspecified atom stereocenters. The molecule has 3 aromatic carbocycles. The van der Waals surface area contributed by atoms with Gasteiger partial charge in [-0.1, -0.05) is 42.5 Å². The Morgan fingerprint density at radius 2 is 1.71 bits per heavy atom. The van der Waals surface area contributed by atoms with Gasteiger partial charge >= 0.3 is 0 Å². The van der Waals surface area contributed by atoms with Crippen molar-refractivity contribution in [2.45, 2.75) is 26.9 Å². The molecule has 3 aromatic rings. The normalized spacial score (nSPS) is 12.0. The average molecular weight is 319 g/mol. The second-order valence-corrected chi connectivity index (χ2v) is 6.01. The van der Waals surface area contributed by atoms with E-state index in [0.717, 1.165) is 27.6 Å². The molecule has 1 atom stereocenters. The van der Waals surface area contributed by atoms with Crippen LogP contribution in [-0.2, 0) is 4.79 Å². The van der Waals surface area contributed by atoms with E-state index in [-0.39, 0.29) is 5.91 Å². The first-order valence-electron chi connectivity index (χ1n) is 8.07. The van der Waals surface area contributed by atoms with Gasteiger partial charge < -0.3 is 10.1 Å². The highest BCUT2D eigenvalue weighted by atomic mass is 16.5. The fourth-order valence-corrected chi connectivity index (χ4v) is 2.62. The largest absolute Gasteiger partial charge is 0.481 e. The zero-order valence-corrected chi connectivity index (χ0v) is 14.2. The van der Waals surface area contributed by atoms with Crippen molar-refractivity contribution in [1.82, 2.24) is 0 Å². The Bertz CT molecular complexity index is 886. The molecule has 0 fully saturated rings. The summed E-state index contributed by atoms with van der Waals surface area (Å²) in [6.07, 6.45) is -0.578. The lowest BCUT2D eigenvalue weighted by Crippen LogP contribution is -2.30. The first-order chi connectivity index (χ1) is 11.5. The summed E-state index contributed by atoms with van der Waals surface area (Å²) in [7, 11) is 0. The van der Waals surface area contributed by atoms with E-state index in [2.05, 4.69) is 11.4 Å². The van der Waals surface area contributed by atoms with Crippen LogP contribution in [0.4, 0.5) is 5.69 Å². The maximum Gasteiger partial charge on any atom is 0.265 e. The first-order valence-corrected chi connectivity index (χ1v) is 8.07. The van der Waals surface area contributed by atoms with Gasteiger partial charge in [-0.25, -0.2) is 0 Å². The van der Waals surface area contributed by atoms with Gasteiger partial charge in [-0.3, -0.25) is 4.79 Å². The zero-order chi connectivity index (χ0) is 17.1. The fraction of sp³-hybridized carbons (Fsp3) is 0.190. The highest BCUT2D eigenvalue weighted by Gasteiger charge is 2.16. The summed E-state index contributed by atoms with van der Waals surface area (Å²) in [5, 5.41) is 5.19. The molecule has 0 radical (unpaired) electrons. The third-order valence-corrected chi connectivity index (χ3v) is 4.27. The Morgan fingerprint density at radius 3 is 2.50 bits per heavy atom. The lowest BCUT2D eigenvalue weighted by atomic mass is 10.1. The molecule has 1 N–H and O–H groups in total. The van der Waals surface area contributed by atoms with Gasteiger partial charge in [0.1, 0.15) is 5.75 Å². The van der Waals surface area contributed by atoms with Crippen LogP contribution in [0.25, 0.3) is 10.8 Å². The van der Waals surface area contributed by atoms with E-state index in [1.54, 1.807) is 6.92 Å². The lowest BCUT2D eigenvalue weighted by molar-refractivity contribution is -0.122. The number of ether oxygens (including phenoxy) is 1. The zero-order valence-electron chi connectivity index (χ0n) is 14.2. The third-order valence-electron chi connectivity index (χ3n) is 4.27. The number of fused-ring (bicyclic) bond motifs is 1. The van der Waals surface area contributed by atoms with Gasteiger partial charge in [-0.15, -0.1) is 0 Å². The number of amides is 1. The molecule has 0 aliphatic rings. The summed E-state index contributed by atoms with van der Waals surface area (Å²) in [6.45, 7) is 5.79. The fourth-order valence-electron chi connectivity index (χ4n) is 2.62. The van der Waals surface area contributed by atoms with E-state index in [0.29, 0.717) is 5.75 Å². The minimum Gasteiger partial charge on any atom is -0.481 e. The van der Waals surface area contributed by atoms with E-state index >= 15 is 0 Å². The monoisotopic (exact) mass is 319 g/mol. The van der Waals surface area contributed by atoms with Crippen LogP contribution < -0.4 is 10.1 Å². The van der Waals surface area contributed by atoms with Gasteiger partial charge in [0.25, 0.3) is 5.91 Å². The molecule has 0 bridgehead atoms. The van der Waals surface area contributed by atoms with Crippen molar-refractivity contribution in [1.29, 1.82) is 0 Å². The predicted molar refractivity (Wildman–Crippen MR) is 98.6 cm³/mol. The summed E-state index contributed by atoms with van der Waals surface area (Å²) >= 11 is 0. The summed E-state index contributed by atoms with van der Waals surface area (Å²) in [5.41, 5.74) is 3.05. The van der Waals surface area contributed by atoms with Crippen LogP contribution in [0.5, 0.6) is 5.75 Å². The van der Waals surface area contributed by atoms with Crippen LogP contribution in [0, 0.1) is 13.8 Å². The minimum absolute atomic E-state index is 0.156. The Labute approximate surface area is 142 Å². The molecule has 0 spiro atoms. The van der Waals surface area contributed by atoms with Crippen molar-refractivity contribution in [2.75, 3.05) is 5.32 Å². The molecule has 3 heteroatoms. The van der Waals surface area contributed by atoms with E-state index in [4.69, 9.17) is 4.74 Å². The third kappa shape index (κ3) is 3.40. The van der Waals surface area contributed by atoms with Crippen LogP contribution in [-0.4, -0.2) is 12.0 Å². The van der Waals surface area contributed by atoms with E-state index in [1.165, 1.54) is 0 Å². The molecule has 0 aliphatic carbocycles. The second kappa shape index (κ2) is 6.75. The summed E-state index contributed by atoms with van der Waals surface area (Å²) in [5.74, 6) is 0.536. The molecule has 3 nitrogen and oxygen atoms in total. The van der Waals surface area contributed by atoms with Crippen LogP contribution in [0.1, 0.15) is 18.1 Å². The average Bonchev–Trinajstić information content (AvgIpc) is 2.58. The van der Waals surface area contributed by atoms with Gasteiger partial charge in [0, 0.05) is 5.69 Å². The van der Waals surface area contributed by atoms with Crippen molar-refractivity contribution in [3.63, 3.8) is 0 Å². The number of carbonyl (C=O) groups excluding carboxylic acids is 1. The van der Waals surface area contributed by atoms with Crippen molar-refractivity contribution >= 4 is 22.4 Å². The minimum atomic E-state index is -0.578. The number of aryl methyl sites for hydroxylation is 1. The molecule has 0 heterocycles. The van der Waals surface area contributed by atoms with Gasteiger partial charge in [0.2, 0.25) is 0 Å². The number of carbonyl (C=O) groups is 1. The van der Waals surface area contributed by atoms with Crippen LogP contribution in [0.3, 0.4) is 0 Å². The molecule has 3 rings (SSSR count). The van der Waals surface area contributed by atoms with E-state index in [9.17, 15) is 4.79 Å². The first kappa shape index (κ1) is 16.1. The summed E-state index contributed by atoms with van der Waals surface area (Å²) in [6, 6.07) is 19.8. The van der Waals surface area contributed by atoms with Crippen molar-refractivity contribution in [2.24, 2.45) is 0 Å². The topological polar surface area (TPSA) is 38.3 Å². The summed E-state index contributed by atoms with van der Waals surface area (Å²) in [4.78, 5) is 12.4. The van der Waals surface area contributed by atoms with Gasteiger partial charge in [0.05, 0.1) is 0 Å². The second-order valence-electron chi connectivity index (χ2n) is 6.01. The maximum absolute atomic E-state index is 12.4. The highest BCUT2D eigenvalue weighted by Crippen LogP contribution is 2.22. The molecular formula is C21H21NO2. The molecular weight excluding hydrogens is 298 g/mol. The van der Waals surface area contributed by atoms with Crippen LogP contribution in [0.2, 0.25) is 0 Å². The van der Waals surface area contributed by atoms with E-state index in [1.807, 2.05) is 68.4 Å². The molecule has 122 valence electrons. The van der Waals surface area contributed by atoms with Crippen molar-refractivity contribution < 1.29 is 9.53 Å². The van der Waals surface area contributed by atoms with Gasteiger partial charge in [-0.05, 0) is 60.9 Å². The number of nitrogens with one attached hydrogen (secondary N) is 1. The number of hydrogen-bond donors (Lipinski definition) is 1. The summed E-state index contributed by atoms with van der Waals surface area (Å²) < 4.78 is 5.81. The smallest absolute Gasteiger partial charge is 0.265 e. The molecule has 0 aliphatic heterocycles. The Morgan fingerprint density at radius 1 is 0.958 bits per heavy atom. The lowest BCUT2D eigenvalue weighted by Gasteiger charge is -2.16. The number of rotatable bonds is 4. The van der Waals surface area contributed by atoms with Crippen LogP contribution in [0.15, 0.2) is 60.7 Å². The molecule has 24 heavy (non-hydrogen) atoms. The number of benzene rings is 3. The maximum atomic E-state index is 12.4.